The first-order chi connectivity index (χ1) is 11.9. The van der Waals surface area contributed by atoms with Crippen LogP contribution in [0.2, 0.25) is 5.02 Å². The summed E-state index contributed by atoms with van der Waals surface area (Å²) in [4.78, 5) is 21.9. The molecule has 0 amide bonds. The van der Waals surface area contributed by atoms with Crippen LogP contribution in [0.3, 0.4) is 0 Å². The molecule has 0 unspecified atom stereocenters. The van der Waals surface area contributed by atoms with Gasteiger partial charge in [-0.25, -0.2) is 9.97 Å². The van der Waals surface area contributed by atoms with Crippen LogP contribution in [0, 0.1) is 0 Å². The van der Waals surface area contributed by atoms with Gasteiger partial charge in [-0.15, -0.1) is 11.3 Å². The van der Waals surface area contributed by atoms with Gasteiger partial charge in [0.15, 0.2) is 0 Å². The van der Waals surface area contributed by atoms with E-state index in [4.69, 9.17) is 16.3 Å². The topological polar surface area (TPSA) is 52.1 Å². The Labute approximate surface area is 159 Å². The summed E-state index contributed by atoms with van der Waals surface area (Å²) in [5.41, 5.74) is 2.08. The highest BCUT2D eigenvalue weighted by molar-refractivity contribution is 8.01. The molecule has 4 nitrogen and oxygen atoms in total. The molecule has 130 valence electrons. The van der Waals surface area contributed by atoms with Gasteiger partial charge >= 0.3 is 5.97 Å². The van der Waals surface area contributed by atoms with Gasteiger partial charge in [0.1, 0.15) is 20.9 Å². The summed E-state index contributed by atoms with van der Waals surface area (Å²) in [5.74, 6) is -0.255. The van der Waals surface area contributed by atoms with E-state index in [0.717, 1.165) is 26.4 Å². The summed E-state index contributed by atoms with van der Waals surface area (Å²) in [5, 5.41) is 4.48. The van der Waals surface area contributed by atoms with Crippen molar-refractivity contribution in [1.29, 1.82) is 0 Å². The van der Waals surface area contributed by atoms with E-state index in [2.05, 4.69) is 15.3 Å². The molecular weight excluding hydrogens is 376 g/mol. The Kier molecular flexibility index (Phi) is 5.32. The number of fused-ring (bicyclic) bond motifs is 1. The number of halogens is 1. The van der Waals surface area contributed by atoms with Crippen LogP contribution in [0.25, 0.3) is 21.3 Å². The van der Waals surface area contributed by atoms with Crippen LogP contribution in [0.4, 0.5) is 0 Å². The molecule has 1 aromatic carbocycles. The van der Waals surface area contributed by atoms with Gasteiger partial charge < -0.3 is 4.74 Å². The molecule has 3 rings (SSSR count). The first kappa shape index (κ1) is 18.2. The molecule has 0 radical (unpaired) electrons. The highest BCUT2D eigenvalue weighted by atomic mass is 35.5. The maximum Gasteiger partial charge on any atom is 0.322 e. The molecule has 0 aliphatic carbocycles. The number of ether oxygens (including phenoxy) is 1. The average molecular weight is 393 g/mol. The molecule has 0 fully saturated rings. The number of rotatable bonds is 5. The summed E-state index contributed by atoms with van der Waals surface area (Å²) in [6.07, 6.45) is 1.54. The second-order valence-corrected chi connectivity index (χ2v) is 8.75. The molecule has 0 atom stereocenters. The van der Waals surface area contributed by atoms with Crippen molar-refractivity contribution in [2.45, 2.75) is 30.5 Å². The number of nitrogens with zero attached hydrogens (tertiary/aromatic N) is 2. The van der Waals surface area contributed by atoms with Crippen LogP contribution in [0.5, 0.6) is 0 Å². The maximum absolute atomic E-state index is 12.2. The summed E-state index contributed by atoms with van der Waals surface area (Å²) < 4.78 is 4.45. The first-order valence-electron chi connectivity index (χ1n) is 7.76. The lowest BCUT2D eigenvalue weighted by Gasteiger charge is -2.21. The zero-order valence-corrected chi connectivity index (χ0v) is 16.5. The molecule has 0 spiro atoms. The minimum Gasteiger partial charge on any atom is -0.465 e. The van der Waals surface area contributed by atoms with Gasteiger partial charge in [0, 0.05) is 16.0 Å². The molecule has 0 N–H and O–H groups in total. The Morgan fingerprint density at radius 2 is 2.00 bits per heavy atom. The standard InChI is InChI=1S/C18H17ClN2O2S2/c1-4-23-17(22)18(2,3)25-16-14-13(9-24-15(14)20-10-21-16)11-5-7-12(19)8-6-11/h5-10H,4H2,1-3H3. The van der Waals surface area contributed by atoms with E-state index in [1.165, 1.54) is 18.1 Å². The van der Waals surface area contributed by atoms with Gasteiger partial charge in [-0.2, -0.15) is 0 Å². The molecular formula is C18H17ClN2O2S2. The van der Waals surface area contributed by atoms with Crippen LogP contribution in [0.1, 0.15) is 20.8 Å². The molecule has 7 heteroatoms. The Hall–Kier alpha value is -1.63. The van der Waals surface area contributed by atoms with Gasteiger partial charge in [0.05, 0.1) is 12.0 Å². The highest BCUT2D eigenvalue weighted by Crippen LogP contribution is 2.42. The van der Waals surface area contributed by atoms with Crippen molar-refractivity contribution in [3.05, 3.63) is 41.0 Å². The fourth-order valence-corrected chi connectivity index (χ4v) is 4.50. The third-order valence-electron chi connectivity index (χ3n) is 3.61. The van der Waals surface area contributed by atoms with Crippen molar-refractivity contribution >= 4 is 50.9 Å². The average Bonchev–Trinajstić information content (AvgIpc) is 3.01. The molecule has 2 heterocycles. The number of carbonyl (C=O) groups excluding carboxylic acids is 1. The largest absolute Gasteiger partial charge is 0.465 e. The van der Waals surface area contributed by atoms with Crippen LogP contribution < -0.4 is 0 Å². The predicted molar refractivity (Wildman–Crippen MR) is 104 cm³/mol. The minimum absolute atomic E-state index is 0.255. The van der Waals surface area contributed by atoms with E-state index < -0.39 is 4.75 Å². The smallest absolute Gasteiger partial charge is 0.322 e. The zero-order chi connectivity index (χ0) is 18.0. The normalized spacial score (nSPS) is 11.7. The van der Waals surface area contributed by atoms with Crippen LogP contribution in [0.15, 0.2) is 41.0 Å². The summed E-state index contributed by atoms with van der Waals surface area (Å²) in [6, 6.07) is 7.67. The summed E-state index contributed by atoms with van der Waals surface area (Å²) in [6.45, 7) is 5.85. The van der Waals surface area contributed by atoms with E-state index in [1.807, 2.05) is 38.1 Å². The molecule has 25 heavy (non-hydrogen) atoms. The number of hydrogen-bond donors (Lipinski definition) is 0. The van der Waals surface area contributed by atoms with Gasteiger partial charge in [0.2, 0.25) is 0 Å². The van der Waals surface area contributed by atoms with Crippen LogP contribution in [-0.4, -0.2) is 27.3 Å². The monoisotopic (exact) mass is 392 g/mol. The van der Waals surface area contributed by atoms with Crippen molar-refractivity contribution in [2.75, 3.05) is 6.61 Å². The number of carbonyl (C=O) groups is 1. The van der Waals surface area contributed by atoms with Crippen molar-refractivity contribution in [3.8, 4) is 11.1 Å². The van der Waals surface area contributed by atoms with Gasteiger partial charge in [0.25, 0.3) is 0 Å². The van der Waals surface area contributed by atoms with Crippen molar-refractivity contribution in [2.24, 2.45) is 0 Å². The number of thiophene rings is 1. The van der Waals surface area contributed by atoms with Gasteiger partial charge in [-0.3, -0.25) is 4.79 Å². The highest BCUT2D eigenvalue weighted by Gasteiger charge is 2.32. The number of esters is 1. The third kappa shape index (κ3) is 3.81. The molecule has 0 saturated carbocycles. The second-order valence-electron chi connectivity index (χ2n) is 5.85. The molecule has 0 aliphatic rings. The third-order valence-corrected chi connectivity index (χ3v) is 5.93. The van der Waals surface area contributed by atoms with Gasteiger partial charge in [-0.05, 0) is 38.5 Å². The van der Waals surface area contributed by atoms with E-state index >= 15 is 0 Å². The number of aromatic nitrogens is 2. The van der Waals surface area contributed by atoms with E-state index in [0.29, 0.717) is 11.6 Å². The van der Waals surface area contributed by atoms with Crippen molar-refractivity contribution in [1.82, 2.24) is 9.97 Å². The lowest BCUT2D eigenvalue weighted by atomic mass is 10.1. The van der Waals surface area contributed by atoms with Gasteiger partial charge in [-0.1, -0.05) is 35.5 Å². The zero-order valence-electron chi connectivity index (χ0n) is 14.1. The fourth-order valence-electron chi connectivity index (χ4n) is 2.36. The molecule has 0 saturated heterocycles. The Morgan fingerprint density at radius 3 is 2.68 bits per heavy atom. The lowest BCUT2D eigenvalue weighted by molar-refractivity contribution is -0.145. The van der Waals surface area contributed by atoms with E-state index in [1.54, 1.807) is 18.3 Å². The van der Waals surface area contributed by atoms with Crippen LogP contribution >= 0.6 is 34.7 Å². The van der Waals surface area contributed by atoms with Crippen LogP contribution in [-0.2, 0) is 9.53 Å². The van der Waals surface area contributed by atoms with E-state index in [9.17, 15) is 4.79 Å². The van der Waals surface area contributed by atoms with Crippen molar-refractivity contribution in [3.63, 3.8) is 0 Å². The second kappa shape index (κ2) is 7.32. The molecule has 3 aromatic rings. The minimum atomic E-state index is -0.740. The Balaban J connectivity index is 2.06. The molecule has 0 bridgehead atoms. The number of thioether (sulfide) groups is 1. The van der Waals surface area contributed by atoms with E-state index in [-0.39, 0.29) is 5.97 Å². The number of benzene rings is 1. The number of hydrogen-bond acceptors (Lipinski definition) is 6. The quantitative estimate of drug-likeness (QED) is 0.328. The predicted octanol–water partition coefficient (Wildman–Crippen LogP) is 5.45. The maximum atomic E-state index is 12.2. The molecule has 2 aromatic heterocycles. The Bertz CT molecular complexity index is 907. The molecule has 0 aliphatic heterocycles. The first-order valence-corrected chi connectivity index (χ1v) is 9.84. The lowest BCUT2D eigenvalue weighted by Crippen LogP contribution is -2.30. The Morgan fingerprint density at radius 1 is 1.28 bits per heavy atom. The summed E-state index contributed by atoms with van der Waals surface area (Å²) in [7, 11) is 0. The van der Waals surface area contributed by atoms with Crippen molar-refractivity contribution < 1.29 is 9.53 Å². The summed E-state index contributed by atoms with van der Waals surface area (Å²) >= 11 is 8.95. The fraction of sp³-hybridized carbons (Fsp3) is 0.278. The SMILES string of the molecule is CCOC(=O)C(C)(C)Sc1ncnc2scc(-c3ccc(Cl)cc3)c12.